The van der Waals surface area contributed by atoms with Crippen molar-refractivity contribution in [2.24, 2.45) is 0 Å². The van der Waals surface area contributed by atoms with Gasteiger partial charge in [0.25, 0.3) is 0 Å². The van der Waals surface area contributed by atoms with E-state index in [0.29, 0.717) is 0 Å². The van der Waals surface area contributed by atoms with E-state index in [1.165, 1.54) is 37.6 Å². The minimum Gasteiger partial charge on any atom is -0.309 e. The standard InChI is InChI=1S/C54H45N3S/c1-53(2,3)37-26-28-45-43(30-37)44-31-38(54(4,5)6)27-29-46(44)57(45)39-32-41(34-18-10-7-11-19-34)48(42(33-39)35-20-12-8-13-21-35)50-51-49(40-24-16-17-25-47(40)58-51)55-52(56-50)36-22-14-9-15-23-36/h7-33H,1-6H3. The van der Waals surface area contributed by atoms with Crippen LogP contribution < -0.4 is 0 Å². The minimum atomic E-state index is 0.0148. The molecule has 0 saturated carbocycles. The second-order valence-electron chi connectivity index (χ2n) is 17.5. The molecule has 0 aliphatic carbocycles. The van der Waals surface area contributed by atoms with Gasteiger partial charge in [-0.3, -0.25) is 0 Å². The number of hydrogen-bond acceptors (Lipinski definition) is 3. The average Bonchev–Trinajstić information content (AvgIpc) is 3.78. The van der Waals surface area contributed by atoms with Crippen molar-refractivity contribution in [3.05, 3.63) is 175 Å². The van der Waals surface area contributed by atoms with Gasteiger partial charge in [0.2, 0.25) is 0 Å². The zero-order chi connectivity index (χ0) is 39.8. The molecule has 0 bridgehead atoms. The van der Waals surface area contributed by atoms with Gasteiger partial charge in [0, 0.05) is 37.7 Å². The lowest BCUT2D eigenvalue weighted by Gasteiger charge is -2.21. The van der Waals surface area contributed by atoms with Crippen molar-refractivity contribution < 1.29 is 0 Å². The second-order valence-corrected chi connectivity index (χ2v) is 18.5. The summed E-state index contributed by atoms with van der Waals surface area (Å²) in [5, 5.41) is 3.70. The van der Waals surface area contributed by atoms with Gasteiger partial charge in [0.05, 0.1) is 26.9 Å². The molecule has 3 aromatic heterocycles. The Hall–Kier alpha value is -6.36. The molecule has 0 spiro atoms. The smallest absolute Gasteiger partial charge is 0.160 e. The van der Waals surface area contributed by atoms with Crippen LogP contribution in [0.3, 0.4) is 0 Å². The highest BCUT2D eigenvalue weighted by Gasteiger charge is 2.26. The highest BCUT2D eigenvalue weighted by molar-refractivity contribution is 7.26. The fourth-order valence-corrected chi connectivity index (χ4v) is 9.55. The minimum absolute atomic E-state index is 0.0148. The molecular weight excluding hydrogens is 723 g/mol. The van der Waals surface area contributed by atoms with E-state index < -0.39 is 0 Å². The Morgan fingerprint density at radius 3 is 1.47 bits per heavy atom. The van der Waals surface area contributed by atoms with E-state index in [1.807, 2.05) is 6.07 Å². The van der Waals surface area contributed by atoms with Crippen molar-refractivity contribution in [1.82, 2.24) is 14.5 Å². The molecular formula is C54H45N3S. The van der Waals surface area contributed by atoms with Crippen molar-refractivity contribution in [1.29, 1.82) is 0 Å². The third-order valence-electron chi connectivity index (χ3n) is 11.5. The Bertz CT molecular complexity index is 3030. The number of nitrogens with zero attached hydrogens (tertiary/aromatic N) is 3. The third-order valence-corrected chi connectivity index (χ3v) is 12.7. The van der Waals surface area contributed by atoms with Gasteiger partial charge >= 0.3 is 0 Å². The largest absolute Gasteiger partial charge is 0.309 e. The van der Waals surface area contributed by atoms with Gasteiger partial charge in [0.1, 0.15) is 0 Å². The van der Waals surface area contributed by atoms with Crippen LogP contribution in [0.15, 0.2) is 164 Å². The summed E-state index contributed by atoms with van der Waals surface area (Å²) in [5.41, 5.74) is 14.7. The Morgan fingerprint density at radius 2 is 0.948 bits per heavy atom. The SMILES string of the molecule is CC(C)(C)c1ccc2c(c1)c1cc(C(C)(C)C)ccc1n2-c1cc(-c2ccccc2)c(-c2nc(-c3ccccc3)nc3c2sc2ccccc23)c(-c2ccccc2)c1. The maximum absolute atomic E-state index is 5.56. The summed E-state index contributed by atoms with van der Waals surface area (Å²) >= 11 is 1.78. The van der Waals surface area contributed by atoms with E-state index in [-0.39, 0.29) is 10.8 Å². The number of benzene rings is 7. The summed E-state index contributed by atoms with van der Waals surface area (Å²) in [7, 11) is 0. The summed E-state index contributed by atoms with van der Waals surface area (Å²) in [6.07, 6.45) is 0. The molecule has 58 heavy (non-hydrogen) atoms. The fraction of sp³-hybridized carbons (Fsp3) is 0.148. The topological polar surface area (TPSA) is 30.7 Å². The maximum Gasteiger partial charge on any atom is 0.160 e. The molecule has 10 aromatic rings. The normalized spacial score (nSPS) is 12.3. The molecule has 0 radical (unpaired) electrons. The number of rotatable bonds is 5. The lowest BCUT2D eigenvalue weighted by molar-refractivity contribution is 0.590. The predicted molar refractivity (Wildman–Crippen MR) is 248 cm³/mol. The highest BCUT2D eigenvalue weighted by atomic mass is 32.1. The monoisotopic (exact) mass is 767 g/mol. The first-order chi connectivity index (χ1) is 28.0. The first kappa shape index (κ1) is 36.0. The van der Waals surface area contributed by atoms with E-state index in [4.69, 9.17) is 9.97 Å². The Labute approximate surface area is 344 Å². The Kier molecular flexibility index (Phi) is 8.47. The van der Waals surface area contributed by atoms with Crippen molar-refractivity contribution in [3.63, 3.8) is 0 Å². The van der Waals surface area contributed by atoms with Crippen LogP contribution in [-0.2, 0) is 10.8 Å². The highest BCUT2D eigenvalue weighted by Crippen LogP contribution is 2.48. The predicted octanol–water partition coefficient (Wildman–Crippen LogP) is 15.2. The molecule has 7 aromatic carbocycles. The van der Waals surface area contributed by atoms with Crippen molar-refractivity contribution in [2.75, 3.05) is 0 Å². The number of aromatic nitrogens is 3. The molecule has 0 aliphatic rings. The van der Waals surface area contributed by atoms with Gasteiger partial charge < -0.3 is 4.57 Å². The molecule has 0 saturated heterocycles. The van der Waals surface area contributed by atoms with Gasteiger partial charge in [-0.25, -0.2) is 9.97 Å². The first-order valence-electron chi connectivity index (χ1n) is 20.2. The summed E-state index contributed by atoms with van der Waals surface area (Å²) < 4.78 is 4.77. The summed E-state index contributed by atoms with van der Waals surface area (Å²) in [6.45, 7) is 13.8. The van der Waals surface area contributed by atoms with Crippen molar-refractivity contribution in [3.8, 4) is 50.6 Å². The van der Waals surface area contributed by atoms with E-state index >= 15 is 0 Å². The van der Waals surface area contributed by atoms with Crippen LogP contribution in [0.25, 0.3) is 92.7 Å². The molecule has 3 heterocycles. The zero-order valence-electron chi connectivity index (χ0n) is 33.8. The fourth-order valence-electron chi connectivity index (χ4n) is 8.41. The van der Waals surface area contributed by atoms with Gasteiger partial charge in [-0.2, -0.15) is 0 Å². The Morgan fingerprint density at radius 1 is 0.466 bits per heavy atom. The van der Waals surface area contributed by atoms with Crippen LogP contribution in [0.5, 0.6) is 0 Å². The van der Waals surface area contributed by atoms with Crippen LogP contribution in [0.4, 0.5) is 0 Å². The molecule has 10 rings (SSSR count). The van der Waals surface area contributed by atoms with Crippen LogP contribution in [-0.4, -0.2) is 14.5 Å². The van der Waals surface area contributed by atoms with Crippen molar-refractivity contribution >= 4 is 53.4 Å². The zero-order valence-corrected chi connectivity index (χ0v) is 34.7. The molecule has 0 aliphatic heterocycles. The summed E-state index contributed by atoms with van der Waals surface area (Å²) in [6, 6.07) is 59.6. The molecule has 4 heteroatoms. The lowest BCUT2D eigenvalue weighted by atomic mass is 9.85. The summed E-state index contributed by atoms with van der Waals surface area (Å²) in [4.78, 5) is 10.9. The van der Waals surface area contributed by atoms with Crippen LogP contribution in [0.1, 0.15) is 52.7 Å². The van der Waals surface area contributed by atoms with Crippen molar-refractivity contribution in [2.45, 2.75) is 52.4 Å². The van der Waals surface area contributed by atoms with E-state index in [2.05, 4.69) is 204 Å². The van der Waals surface area contributed by atoms with E-state index in [0.717, 1.165) is 66.2 Å². The van der Waals surface area contributed by atoms with Gasteiger partial charge in [-0.05, 0) is 86.7 Å². The average molecular weight is 768 g/mol. The number of fused-ring (bicyclic) bond motifs is 6. The first-order valence-corrected chi connectivity index (χ1v) is 21.0. The van der Waals surface area contributed by atoms with Crippen LogP contribution >= 0.6 is 11.3 Å². The molecule has 282 valence electrons. The third kappa shape index (κ3) is 6.11. The quantitative estimate of drug-likeness (QED) is 0.175. The molecule has 0 atom stereocenters. The molecule has 0 N–H and O–H groups in total. The maximum atomic E-state index is 5.56. The molecule has 0 unspecified atom stereocenters. The lowest BCUT2D eigenvalue weighted by Crippen LogP contribution is -2.10. The van der Waals surface area contributed by atoms with Gasteiger partial charge in [0.15, 0.2) is 5.82 Å². The Balaban J connectivity index is 1.36. The van der Waals surface area contributed by atoms with Crippen LogP contribution in [0, 0.1) is 0 Å². The summed E-state index contributed by atoms with van der Waals surface area (Å²) in [5.74, 6) is 0.723. The number of hydrogen-bond donors (Lipinski definition) is 0. The molecule has 0 amide bonds. The van der Waals surface area contributed by atoms with Gasteiger partial charge in [-0.15, -0.1) is 11.3 Å². The van der Waals surface area contributed by atoms with Gasteiger partial charge in [-0.1, -0.05) is 163 Å². The van der Waals surface area contributed by atoms with Crippen LogP contribution in [0.2, 0.25) is 0 Å². The van der Waals surface area contributed by atoms with E-state index in [9.17, 15) is 0 Å². The van der Waals surface area contributed by atoms with E-state index in [1.54, 1.807) is 11.3 Å². The number of thiophene rings is 1. The molecule has 3 nitrogen and oxygen atoms in total. The molecule has 0 fully saturated rings. The second kappa shape index (κ2) is 13.6.